The summed E-state index contributed by atoms with van der Waals surface area (Å²) in [5, 5.41) is 5.36. The number of carbonyl (C=O) groups excluding carboxylic acids is 4. The largest absolute Gasteiger partial charge is 0.449 e. The van der Waals surface area contributed by atoms with Crippen LogP contribution in [0.15, 0.2) is 78.2 Å². The normalized spacial score (nSPS) is 14.4. The molecule has 10 heteroatoms. The smallest absolute Gasteiger partial charge is 0.407 e. The number of imide groups is 1. The van der Waals surface area contributed by atoms with Gasteiger partial charge >= 0.3 is 12.1 Å². The number of nitrogens with one attached hydrogen (secondary N) is 1. The monoisotopic (exact) mass is 553 g/mol. The molecule has 1 unspecified atom stereocenters. The van der Waals surface area contributed by atoms with E-state index in [1.54, 1.807) is 12.1 Å². The summed E-state index contributed by atoms with van der Waals surface area (Å²) in [7, 11) is 0. The van der Waals surface area contributed by atoms with E-state index in [0.717, 1.165) is 27.9 Å². The number of carbonyl (C=O) groups is 4. The lowest BCUT2D eigenvalue weighted by molar-refractivity contribution is -0.171. The summed E-state index contributed by atoms with van der Waals surface area (Å²) in [6, 6.07) is 20.8. The van der Waals surface area contributed by atoms with E-state index in [4.69, 9.17) is 9.57 Å². The highest BCUT2D eigenvalue weighted by Gasteiger charge is 2.40. The second-order valence-corrected chi connectivity index (χ2v) is 10.4. The molecule has 1 atom stereocenters. The van der Waals surface area contributed by atoms with Gasteiger partial charge in [-0.2, -0.15) is 0 Å². The van der Waals surface area contributed by atoms with Crippen molar-refractivity contribution in [3.05, 3.63) is 111 Å². The van der Waals surface area contributed by atoms with Crippen molar-refractivity contribution in [1.29, 1.82) is 0 Å². The zero-order valence-electron chi connectivity index (χ0n) is 21.3. The maximum absolute atomic E-state index is 13.2. The van der Waals surface area contributed by atoms with Crippen LogP contribution < -0.4 is 5.32 Å². The molecule has 0 radical (unpaired) electrons. The first kappa shape index (κ1) is 25.4. The Bertz CT molecular complexity index is 1580. The van der Waals surface area contributed by atoms with Gasteiger partial charge in [0.25, 0.3) is 11.8 Å². The molecule has 0 saturated carbocycles. The SMILES string of the molecule is Cc1csc(CC(NC(=O)OCC2c3ccccc3-c3ccccc32)C(=O)ON2C(=O)c3ccccc3C2=O)n1. The Morgan fingerprint density at radius 3 is 2.00 bits per heavy atom. The summed E-state index contributed by atoms with van der Waals surface area (Å²) in [6.45, 7) is 1.86. The number of hydrogen-bond donors (Lipinski definition) is 1. The number of amides is 3. The molecular formula is C30H23N3O6S. The van der Waals surface area contributed by atoms with Gasteiger partial charge in [0.05, 0.1) is 16.1 Å². The quantitative estimate of drug-likeness (QED) is 0.331. The Morgan fingerprint density at radius 2 is 1.45 bits per heavy atom. The van der Waals surface area contributed by atoms with E-state index in [1.165, 1.54) is 23.5 Å². The van der Waals surface area contributed by atoms with Gasteiger partial charge in [-0.3, -0.25) is 9.59 Å². The van der Waals surface area contributed by atoms with Crippen molar-refractivity contribution < 1.29 is 28.8 Å². The maximum atomic E-state index is 13.2. The van der Waals surface area contributed by atoms with Gasteiger partial charge in [0, 0.05) is 23.4 Å². The molecule has 6 rings (SSSR count). The molecule has 4 aromatic rings. The van der Waals surface area contributed by atoms with Crippen LogP contribution >= 0.6 is 11.3 Å². The molecule has 0 saturated heterocycles. The van der Waals surface area contributed by atoms with E-state index >= 15 is 0 Å². The standard InChI is InChI=1S/C30H23N3O6S/c1-17-16-40-26(31-17)14-25(29(36)39-33-27(34)22-12-6-7-13-23(22)28(33)35)32-30(37)38-15-24-20-10-4-2-8-18(20)19-9-3-5-11-21(19)24/h2-13,16,24-25H,14-15H2,1H3,(H,32,37). The molecule has 3 amide bonds. The van der Waals surface area contributed by atoms with Crippen molar-refractivity contribution >= 4 is 35.2 Å². The van der Waals surface area contributed by atoms with Gasteiger partial charge < -0.3 is 14.9 Å². The third-order valence-corrected chi connectivity index (χ3v) is 7.89. The minimum absolute atomic E-state index is 0.00922. The first-order valence-electron chi connectivity index (χ1n) is 12.6. The number of nitrogens with zero attached hydrogens (tertiary/aromatic N) is 2. The molecule has 2 aliphatic rings. The highest BCUT2D eigenvalue weighted by molar-refractivity contribution is 7.09. The van der Waals surface area contributed by atoms with Crippen LogP contribution in [0.5, 0.6) is 0 Å². The molecule has 2 heterocycles. The van der Waals surface area contributed by atoms with Crippen LogP contribution in [-0.2, 0) is 20.8 Å². The molecule has 9 nitrogen and oxygen atoms in total. The molecule has 200 valence electrons. The predicted octanol–water partition coefficient (Wildman–Crippen LogP) is 4.66. The van der Waals surface area contributed by atoms with Gasteiger partial charge in [-0.25, -0.2) is 14.6 Å². The predicted molar refractivity (Wildman–Crippen MR) is 146 cm³/mol. The van der Waals surface area contributed by atoms with Gasteiger partial charge in [0.15, 0.2) is 0 Å². The van der Waals surface area contributed by atoms with Crippen LogP contribution in [0.25, 0.3) is 11.1 Å². The van der Waals surface area contributed by atoms with Crippen molar-refractivity contribution in [1.82, 2.24) is 15.4 Å². The van der Waals surface area contributed by atoms with Crippen molar-refractivity contribution in [3.8, 4) is 11.1 Å². The Balaban J connectivity index is 1.17. The number of hydroxylamine groups is 2. The Labute approximate surface area is 233 Å². The number of aromatic nitrogens is 1. The van der Waals surface area contributed by atoms with Gasteiger partial charge in [0.2, 0.25) is 0 Å². The molecule has 1 aromatic heterocycles. The number of aryl methyl sites for hydroxylation is 1. The van der Waals surface area contributed by atoms with Crippen molar-refractivity contribution in [2.75, 3.05) is 6.61 Å². The summed E-state index contributed by atoms with van der Waals surface area (Å²) < 4.78 is 5.60. The van der Waals surface area contributed by atoms with Crippen LogP contribution in [0, 0.1) is 6.92 Å². The van der Waals surface area contributed by atoms with E-state index in [1.807, 2.05) is 60.8 Å². The van der Waals surface area contributed by atoms with E-state index in [0.29, 0.717) is 10.1 Å². The number of benzene rings is 3. The average molecular weight is 554 g/mol. The van der Waals surface area contributed by atoms with Gasteiger partial charge in [-0.1, -0.05) is 65.7 Å². The van der Waals surface area contributed by atoms with Crippen LogP contribution in [0.1, 0.15) is 48.5 Å². The third kappa shape index (κ3) is 4.62. The first-order valence-corrected chi connectivity index (χ1v) is 13.5. The molecular weight excluding hydrogens is 530 g/mol. The lowest BCUT2D eigenvalue weighted by atomic mass is 9.98. The third-order valence-electron chi connectivity index (χ3n) is 6.90. The van der Waals surface area contributed by atoms with Crippen molar-refractivity contribution in [3.63, 3.8) is 0 Å². The molecule has 1 aliphatic heterocycles. The fourth-order valence-electron chi connectivity index (χ4n) is 5.05. The summed E-state index contributed by atoms with van der Waals surface area (Å²) in [5.74, 6) is -2.66. The van der Waals surface area contributed by atoms with Crippen LogP contribution in [0.2, 0.25) is 0 Å². The molecule has 0 fully saturated rings. The highest BCUT2D eigenvalue weighted by Crippen LogP contribution is 2.44. The highest BCUT2D eigenvalue weighted by atomic mass is 32.1. The molecule has 0 bridgehead atoms. The van der Waals surface area contributed by atoms with Crippen molar-refractivity contribution in [2.24, 2.45) is 0 Å². The second-order valence-electron chi connectivity index (χ2n) is 9.47. The minimum atomic E-state index is -1.26. The zero-order valence-corrected chi connectivity index (χ0v) is 22.1. The Kier molecular flexibility index (Phi) is 6.61. The lowest BCUT2D eigenvalue weighted by Gasteiger charge is -2.20. The maximum Gasteiger partial charge on any atom is 0.407 e. The van der Waals surface area contributed by atoms with E-state index in [2.05, 4.69) is 10.3 Å². The first-order chi connectivity index (χ1) is 19.4. The molecule has 1 N–H and O–H groups in total. The van der Waals surface area contributed by atoms with Gasteiger partial charge in [0.1, 0.15) is 12.6 Å². The van der Waals surface area contributed by atoms with E-state index < -0.39 is 29.9 Å². The van der Waals surface area contributed by atoms with Crippen LogP contribution in [0.3, 0.4) is 0 Å². The summed E-state index contributed by atoms with van der Waals surface area (Å²) >= 11 is 1.32. The molecule has 40 heavy (non-hydrogen) atoms. The van der Waals surface area contributed by atoms with Crippen LogP contribution in [-0.4, -0.2) is 46.6 Å². The topological polar surface area (TPSA) is 115 Å². The number of hydrogen-bond acceptors (Lipinski definition) is 8. The lowest BCUT2D eigenvalue weighted by Crippen LogP contribution is -2.47. The number of thiazole rings is 1. The van der Waals surface area contributed by atoms with E-state index in [9.17, 15) is 19.2 Å². The number of ether oxygens (including phenoxy) is 1. The van der Waals surface area contributed by atoms with E-state index in [-0.39, 0.29) is 30.1 Å². The van der Waals surface area contributed by atoms with Crippen molar-refractivity contribution in [2.45, 2.75) is 25.3 Å². The summed E-state index contributed by atoms with van der Waals surface area (Å²) in [4.78, 5) is 61.2. The molecule has 0 spiro atoms. The number of alkyl carbamates (subject to hydrolysis) is 1. The Hall–Kier alpha value is -4.83. The molecule has 3 aromatic carbocycles. The number of rotatable bonds is 7. The number of fused-ring (bicyclic) bond motifs is 4. The summed E-state index contributed by atoms with van der Waals surface area (Å²) in [5.41, 5.74) is 5.32. The average Bonchev–Trinajstić information content (AvgIpc) is 3.60. The second kappa shape index (κ2) is 10.4. The summed E-state index contributed by atoms with van der Waals surface area (Å²) in [6.07, 6.45) is -0.843. The Morgan fingerprint density at radius 1 is 0.900 bits per heavy atom. The zero-order chi connectivity index (χ0) is 27.8. The molecule has 1 aliphatic carbocycles. The minimum Gasteiger partial charge on any atom is -0.449 e. The fraction of sp³-hybridized carbons (Fsp3) is 0.167. The van der Waals surface area contributed by atoms with Gasteiger partial charge in [-0.05, 0) is 41.3 Å². The fourth-order valence-corrected chi connectivity index (χ4v) is 5.87. The van der Waals surface area contributed by atoms with Crippen LogP contribution in [0.4, 0.5) is 4.79 Å². The van der Waals surface area contributed by atoms with Gasteiger partial charge in [-0.15, -0.1) is 11.3 Å².